The van der Waals surface area contributed by atoms with Crippen molar-refractivity contribution in [3.63, 3.8) is 0 Å². The van der Waals surface area contributed by atoms with Gasteiger partial charge in [-0.25, -0.2) is 4.79 Å². The van der Waals surface area contributed by atoms with Crippen LogP contribution in [-0.4, -0.2) is 23.8 Å². The predicted octanol–water partition coefficient (Wildman–Crippen LogP) is 4.38. The Morgan fingerprint density at radius 3 is 2.62 bits per heavy atom. The number of benzene rings is 1. The number of hydrogen-bond acceptors (Lipinski definition) is 3. The van der Waals surface area contributed by atoms with E-state index < -0.39 is 11.7 Å². The van der Waals surface area contributed by atoms with Crippen molar-refractivity contribution in [1.29, 1.82) is 0 Å². The first-order chi connectivity index (χ1) is 9.69. The second-order valence-electron chi connectivity index (χ2n) is 6.27. The predicted molar refractivity (Wildman–Crippen MR) is 91.0 cm³/mol. The van der Waals surface area contributed by atoms with E-state index in [9.17, 15) is 4.79 Å². The molecule has 2 rings (SSSR count). The number of alkyl carbamates (subject to hydrolysis) is 1. The first kappa shape index (κ1) is 16.7. The van der Waals surface area contributed by atoms with Gasteiger partial charge >= 0.3 is 6.09 Å². The van der Waals surface area contributed by atoms with Crippen molar-refractivity contribution in [3.05, 3.63) is 26.8 Å². The lowest BCUT2D eigenvalue weighted by molar-refractivity contribution is 0.0477. The average Bonchev–Trinajstić information content (AvgIpc) is 3.08. The fourth-order valence-electron chi connectivity index (χ4n) is 1.76. The summed E-state index contributed by atoms with van der Waals surface area (Å²) in [7, 11) is 0. The minimum atomic E-state index is -0.493. The summed E-state index contributed by atoms with van der Waals surface area (Å²) < 4.78 is 12.0. The average molecular weight is 424 g/mol. The highest BCUT2D eigenvalue weighted by Crippen LogP contribution is 2.36. The Morgan fingerprint density at radius 2 is 2.10 bits per heavy atom. The van der Waals surface area contributed by atoms with Gasteiger partial charge in [0.15, 0.2) is 0 Å². The van der Waals surface area contributed by atoms with Crippen LogP contribution in [0.2, 0.25) is 5.02 Å². The summed E-state index contributed by atoms with van der Waals surface area (Å²) in [4.78, 5) is 11.8. The molecular formula is C15H19ClINO3. The molecule has 0 heterocycles. The lowest BCUT2D eigenvalue weighted by Gasteiger charge is -2.23. The number of carbonyl (C=O) groups is 1. The topological polar surface area (TPSA) is 47.6 Å². The van der Waals surface area contributed by atoms with E-state index in [1.807, 2.05) is 32.9 Å². The molecule has 1 aromatic rings. The highest BCUT2D eigenvalue weighted by atomic mass is 127. The summed E-state index contributed by atoms with van der Waals surface area (Å²) in [5, 5.41) is 3.61. The molecular weight excluding hydrogens is 405 g/mol. The van der Waals surface area contributed by atoms with Crippen molar-refractivity contribution in [3.8, 4) is 5.75 Å². The fourth-order valence-corrected chi connectivity index (χ4v) is 2.37. The third-order valence-corrected chi connectivity index (χ3v) is 4.57. The van der Waals surface area contributed by atoms with Crippen molar-refractivity contribution in [2.24, 2.45) is 0 Å². The highest BCUT2D eigenvalue weighted by Gasteiger charge is 2.46. The summed E-state index contributed by atoms with van der Waals surface area (Å²) in [6.07, 6.45) is 1.41. The van der Waals surface area contributed by atoms with Crippen LogP contribution in [0.15, 0.2) is 18.2 Å². The number of nitrogens with one attached hydrogen (secondary N) is 1. The van der Waals surface area contributed by atoms with Gasteiger partial charge in [-0.1, -0.05) is 11.6 Å². The Morgan fingerprint density at radius 1 is 1.43 bits per heavy atom. The van der Waals surface area contributed by atoms with Crippen molar-refractivity contribution >= 4 is 40.3 Å². The molecule has 1 aliphatic rings. The minimum absolute atomic E-state index is 0.298. The van der Waals surface area contributed by atoms with E-state index >= 15 is 0 Å². The molecule has 0 aliphatic heterocycles. The van der Waals surface area contributed by atoms with Gasteiger partial charge < -0.3 is 14.8 Å². The number of ether oxygens (including phenoxy) is 2. The summed E-state index contributed by atoms with van der Waals surface area (Å²) in [6.45, 7) is 5.97. The number of amides is 1. The lowest BCUT2D eigenvalue weighted by atomic mass is 10.2. The number of hydrogen-bond donors (Lipinski definition) is 1. The van der Waals surface area contributed by atoms with Crippen molar-refractivity contribution in [2.75, 3.05) is 6.61 Å². The Labute approximate surface area is 143 Å². The standard InChI is InChI=1S/C15H19ClINO3/c1-14(2,3)21-13(19)18-15(6-7-15)9-20-10-4-5-11(16)12(17)8-10/h4-5,8H,6-7,9H2,1-3H3,(H,18,19). The smallest absolute Gasteiger partial charge is 0.408 e. The van der Waals surface area contributed by atoms with Crippen molar-refractivity contribution in [2.45, 2.75) is 44.8 Å². The van der Waals surface area contributed by atoms with Gasteiger partial charge in [-0.3, -0.25) is 0 Å². The van der Waals surface area contributed by atoms with E-state index in [-0.39, 0.29) is 5.54 Å². The molecule has 1 saturated carbocycles. The maximum atomic E-state index is 11.8. The number of carbonyl (C=O) groups excluding carboxylic acids is 1. The van der Waals surface area contributed by atoms with E-state index in [4.69, 9.17) is 21.1 Å². The van der Waals surface area contributed by atoms with E-state index in [1.165, 1.54) is 0 Å². The lowest BCUT2D eigenvalue weighted by Crippen LogP contribution is -2.44. The quantitative estimate of drug-likeness (QED) is 0.731. The van der Waals surface area contributed by atoms with Crippen LogP contribution in [0.5, 0.6) is 5.75 Å². The first-order valence-electron chi connectivity index (χ1n) is 6.78. The van der Waals surface area contributed by atoms with E-state index in [0.717, 1.165) is 22.2 Å². The van der Waals surface area contributed by atoms with Crippen molar-refractivity contribution in [1.82, 2.24) is 5.32 Å². The highest BCUT2D eigenvalue weighted by molar-refractivity contribution is 14.1. The van der Waals surface area contributed by atoms with Crippen LogP contribution in [0.4, 0.5) is 4.79 Å². The Balaban J connectivity index is 1.87. The molecule has 0 unspecified atom stereocenters. The summed E-state index contributed by atoms with van der Waals surface area (Å²) in [5.41, 5.74) is -0.791. The molecule has 1 aliphatic carbocycles. The van der Waals surface area contributed by atoms with Gasteiger partial charge in [0.05, 0.1) is 10.6 Å². The Kier molecular flexibility index (Phi) is 4.92. The Bertz CT molecular complexity index is 538. The second kappa shape index (κ2) is 6.20. The summed E-state index contributed by atoms with van der Waals surface area (Å²) in [5.74, 6) is 0.751. The zero-order valence-corrected chi connectivity index (χ0v) is 15.2. The van der Waals surface area contributed by atoms with Gasteiger partial charge in [0, 0.05) is 3.57 Å². The molecule has 1 amide bonds. The monoisotopic (exact) mass is 423 g/mol. The zero-order valence-electron chi connectivity index (χ0n) is 12.3. The zero-order chi connectivity index (χ0) is 15.7. The third-order valence-electron chi connectivity index (χ3n) is 3.03. The van der Waals surface area contributed by atoms with E-state index in [1.54, 1.807) is 6.07 Å². The van der Waals surface area contributed by atoms with Gasteiger partial charge in [0.2, 0.25) is 0 Å². The molecule has 1 N–H and O–H groups in total. The van der Waals surface area contributed by atoms with Crippen LogP contribution in [0.1, 0.15) is 33.6 Å². The first-order valence-corrected chi connectivity index (χ1v) is 8.24. The van der Waals surface area contributed by atoms with Crippen LogP contribution in [0, 0.1) is 3.57 Å². The van der Waals surface area contributed by atoms with Gasteiger partial charge in [-0.15, -0.1) is 0 Å². The molecule has 0 bridgehead atoms. The Hall–Kier alpha value is -0.690. The molecule has 0 saturated heterocycles. The molecule has 6 heteroatoms. The van der Waals surface area contributed by atoms with Crippen LogP contribution >= 0.6 is 34.2 Å². The van der Waals surface area contributed by atoms with E-state index in [0.29, 0.717) is 11.6 Å². The molecule has 0 aromatic heterocycles. The SMILES string of the molecule is CC(C)(C)OC(=O)NC1(COc2ccc(Cl)c(I)c2)CC1. The van der Waals surface area contributed by atoms with Gasteiger partial charge in [0.1, 0.15) is 18.0 Å². The maximum Gasteiger partial charge on any atom is 0.408 e. The van der Waals surface area contributed by atoms with Gasteiger partial charge in [-0.2, -0.15) is 0 Å². The largest absolute Gasteiger partial charge is 0.491 e. The molecule has 0 atom stereocenters. The molecule has 1 aromatic carbocycles. The van der Waals surface area contributed by atoms with Gasteiger partial charge in [0.25, 0.3) is 0 Å². The molecule has 1 fully saturated rings. The second-order valence-corrected chi connectivity index (χ2v) is 7.84. The minimum Gasteiger partial charge on any atom is -0.491 e. The molecule has 21 heavy (non-hydrogen) atoms. The molecule has 0 spiro atoms. The molecule has 0 radical (unpaired) electrons. The summed E-state index contributed by atoms with van der Waals surface area (Å²) in [6, 6.07) is 5.51. The number of halogens is 2. The van der Waals surface area contributed by atoms with Crippen LogP contribution in [-0.2, 0) is 4.74 Å². The van der Waals surface area contributed by atoms with Crippen molar-refractivity contribution < 1.29 is 14.3 Å². The van der Waals surface area contributed by atoms with Crippen LogP contribution in [0.3, 0.4) is 0 Å². The number of rotatable bonds is 4. The van der Waals surface area contributed by atoms with E-state index in [2.05, 4.69) is 27.9 Å². The normalized spacial score (nSPS) is 16.2. The van der Waals surface area contributed by atoms with Gasteiger partial charge in [-0.05, 0) is 74.4 Å². The van der Waals surface area contributed by atoms with Crippen LogP contribution < -0.4 is 10.1 Å². The maximum absolute atomic E-state index is 11.8. The fraction of sp³-hybridized carbons (Fsp3) is 0.533. The van der Waals surface area contributed by atoms with Crippen LogP contribution in [0.25, 0.3) is 0 Å². The molecule has 4 nitrogen and oxygen atoms in total. The molecule has 116 valence electrons. The third kappa shape index (κ3) is 5.21. The summed E-state index contributed by atoms with van der Waals surface area (Å²) >= 11 is 8.14.